The number of thioether (sulfide) groups is 1. The minimum atomic E-state index is -1.09. The van der Waals surface area contributed by atoms with Gasteiger partial charge in [-0.25, -0.2) is 4.79 Å². The standard InChI is InChI=1S/C54H88N16O11S/c1-36(71)47-50(80)69(32-42(73)64(47)3)33-44(75)66-26-30-68(31-27-66)53-61-51(57-23-15-12-17-40-46-37(35-82-40)58-54(81)59-46)60-52(62-53)67-28-24-65(25-29-67)41(72)18-10-8-6-4-5-7-9-14-22-56-48(78)38(16-11-13-21-55)70-34-43(74)63(2)39(49(70)79)19-20-45(76)77/h36-40,46-47,71H,4-35,55H2,1-3H3,(H,56,78)(H,76,77)(H2,58,59,81)(H,57,60,61,62)/t36-,37+,38+,39+,40+,46+,47+/m1/s1. The number of carbonyl (C=O) groups is 9. The summed E-state index contributed by atoms with van der Waals surface area (Å²) in [5.41, 5.74) is 5.70. The number of nitrogens with two attached hydrogens (primary N) is 1. The van der Waals surface area contributed by atoms with Crippen LogP contribution in [0.1, 0.15) is 116 Å². The van der Waals surface area contributed by atoms with Crippen LogP contribution >= 0.6 is 11.8 Å². The van der Waals surface area contributed by atoms with E-state index in [-0.39, 0.29) is 80.1 Å². The quantitative estimate of drug-likeness (QED) is 0.0368. The van der Waals surface area contributed by atoms with Crippen LogP contribution in [0.15, 0.2) is 0 Å². The molecule has 8 N–H and O–H groups in total. The number of likely N-dealkylation sites (N-methyl/N-ethyl adjacent to an activating group) is 2. The molecule has 1 aromatic heterocycles. The van der Waals surface area contributed by atoms with Crippen molar-refractivity contribution in [1.82, 2.24) is 60.3 Å². The highest BCUT2D eigenvalue weighted by Gasteiger charge is 2.45. The van der Waals surface area contributed by atoms with Crippen LogP contribution in [0.25, 0.3) is 0 Å². The lowest BCUT2D eigenvalue weighted by molar-refractivity contribution is -0.160. The third kappa shape index (κ3) is 17.2. The first kappa shape index (κ1) is 63.3. The second-order valence-corrected chi connectivity index (χ2v) is 23.8. The fourth-order valence-corrected chi connectivity index (χ4v) is 13.2. The summed E-state index contributed by atoms with van der Waals surface area (Å²) in [5.74, 6) is -0.797. The SMILES string of the molecule is C[C@@H](O)[C@H]1C(=O)N(CC(=O)N2CCN(c3nc(NCCCC[C@@H]4SC[C@@H]5NC(=O)N[C@@H]54)nc(N4CCN(C(=O)CCCCCCCCCCNC(=O)[C@H](CCCCN)N5CC(=O)N(C)[C@@H](CCC(=O)O)C5=O)CC4)n3)CC2)CC(=O)N1C. The van der Waals surface area contributed by atoms with Gasteiger partial charge < -0.3 is 76.4 Å². The summed E-state index contributed by atoms with van der Waals surface area (Å²) in [6.45, 7) is 5.89. The number of carboxylic acids is 1. The Balaban J connectivity index is 0.816. The zero-order valence-electron chi connectivity index (χ0n) is 48.1. The highest BCUT2D eigenvalue weighted by molar-refractivity contribution is 8.00. The molecular weight excluding hydrogens is 1080 g/mol. The third-order valence-electron chi connectivity index (χ3n) is 16.7. The molecule has 0 bridgehead atoms. The molecule has 0 saturated carbocycles. The number of aliphatic carboxylic acids is 1. The normalized spacial score (nSPS) is 23.0. The van der Waals surface area contributed by atoms with Crippen molar-refractivity contribution in [2.75, 3.05) is 127 Å². The first-order valence-corrected chi connectivity index (χ1v) is 30.7. The number of urea groups is 1. The van der Waals surface area contributed by atoms with Crippen LogP contribution in [0.5, 0.6) is 0 Å². The molecule has 27 nitrogen and oxygen atoms in total. The lowest BCUT2D eigenvalue weighted by atomic mass is 10.0. The molecule has 0 aliphatic carbocycles. The molecule has 6 fully saturated rings. The van der Waals surface area contributed by atoms with Gasteiger partial charge in [0.2, 0.25) is 59.2 Å². The molecule has 7 heterocycles. The van der Waals surface area contributed by atoms with Crippen LogP contribution in [-0.4, -0.2) is 261 Å². The maximum absolute atomic E-state index is 13.5. The van der Waals surface area contributed by atoms with Crippen LogP contribution in [0.2, 0.25) is 0 Å². The van der Waals surface area contributed by atoms with Gasteiger partial charge >= 0.3 is 12.0 Å². The van der Waals surface area contributed by atoms with E-state index in [1.165, 1.54) is 40.6 Å². The van der Waals surface area contributed by atoms with Crippen LogP contribution in [0.3, 0.4) is 0 Å². The smallest absolute Gasteiger partial charge is 0.315 e. The van der Waals surface area contributed by atoms with Crippen LogP contribution in [0, 0.1) is 0 Å². The van der Waals surface area contributed by atoms with Crippen molar-refractivity contribution in [2.24, 2.45) is 5.73 Å². The summed E-state index contributed by atoms with van der Waals surface area (Å²) in [6.07, 6.45) is 11.0. The Bertz CT molecular complexity index is 2390. The van der Waals surface area contributed by atoms with Gasteiger partial charge in [0.1, 0.15) is 37.8 Å². The lowest BCUT2D eigenvalue weighted by Crippen LogP contribution is -2.63. The van der Waals surface area contributed by atoms with Crippen molar-refractivity contribution >= 4 is 83.0 Å². The Hall–Kier alpha value is -6.29. The lowest BCUT2D eigenvalue weighted by Gasteiger charge is -2.41. The number of unbranched alkanes of at least 4 members (excludes halogenated alkanes) is 9. The second-order valence-electron chi connectivity index (χ2n) is 22.5. The Kier molecular flexibility index (Phi) is 23.8. The van der Waals surface area contributed by atoms with Gasteiger partial charge in [0.15, 0.2) is 0 Å². The van der Waals surface area contributed by atoms with E-state index in [0.717, 1.165) is 76.4 Å². The minimum Gasteiger partial charge on any atom is -0.481 e. The zero-order chi connectivity index (χ0) is 58.9. The maximum Gasteiger partial charge on any atom is 0.315 e. The number of carboxylic acid groups (broad SMARTS) is 1. The number of amides is 9. The molecule has 0 radical (unpaired) electrons. The zero-order valence-corrected chi connectivity index (χ0v) is 49.0. The molecule has 6 saturated heterocycles. The Morgan fingerprint density at radius 2 is 1.30 bits per heavy atom. The molecule has 0 aromatic carbocycles. The van der Waals surface area contributed by atoms with E-state index in [2.05, 4.69) is 26.2 Å². The molecular formula is C54H88N16O11S. The number of aliphatic hydroxyl groups excluding tert-OH is 1. The highest BCUT2D eigenvalue weighted by Crippen LogP contribution is 2.33. The highest BCUT2D eigenvalue weighted by atomic mass is 32.2. The Morgan fingerprint density at radius 1 is 0.695 bits per heavy atom. The van der Waals surface area contributed by atoms with Crippen molar-refractivity contribution in [3.63, 3.8) is 0 Å². The first-order chi connectivity index (χ1) is 39.4. The first-order valence-electron chi connectivity index (χ1n) is 29.7. The maximum atomic E-state index is 13.5. The molecule has 0 spiro atoms. The number of carbonyl (C=O) groups excluding carboxylic acids is 8. The Labute approximate surface area is 484 Å². The molecule has 7 rings (SSSR count). The summed E-state index contributed by atoms with van der Waals surface area (Å²) in [5, 5.41) is 32.2. The van der Waals surface area contributed by atoms with Gasteiger partial charge in [-0.2, -0.15) is 26.7 Å². The van der Waals surface area contributed by atoms with Crippen molar-refractivity contribution in [1.29, 1.82) is 0 Å². The van der Waals surface area contributed by atoms with E-state index in [4.69, 9.17) is 20.7 Å². The van der Waals surface area contributed by atoms with Gasteiger partial charge in [-0.05, 0) is 64.8 Å². The number of aliphatic hydroxyl groups is 1. The number of piperazine rings is 4. The molecule has 6 aliphatic rings. The van der Waals surface area contributed by atoms with Gasteiger partial charge in [0.05, 0.1) is 18.2 Å². The summed E-state index contributed by atoms with van der Waals surface area (Å²) < 4.78 is 0. The van der Waals surface area contributed by atoms with Crippen LogP contribution < -0.4 is 36.8 Å². The number of aromatic nitrogens is 3. The van der Waals surface area contributed by atoms with E-state index in [1.807, 2.05) is 21.6 Å². The van der Waals surface area contributed by atoms with Crippen molar-refractivity contribution in [2.45, 2.75) is 158 Å². The van der Waals surface area contributed by atoms with Crippen molar-refractivity contribution in [3.05, 3.63) is 0 Å². The number of hydrogen-bond donors (Lipinski definition) is 7. The average molecular weight is 1170 g/mol. The van der Waals surface area contributed by atoms with Gasteiger partial charge in [-0.15, -0.1) is 0 Å². The van der Waals surface area contributed by atoms with E-state index in [0.29, 0.717) is 121 Å². The fraction of sp³-hybridized carbons (Fsp3) is 0.778. The minimum absolute atomic E-state index is 0.0240. The summed E-state index contributed by atoms with van der Waals surface area (Å²) in [6, 6.07) is -2.58. The molecule has 28 heteroatoms. The van der Waals surface area contributed by atoms with E-state index in [9.17, 15) is 53.4 Å². The molecule has 1 aromatic rings. The van der Waals surface area contributed by atoms with Gasteiger partial charge in [0.25, 0.3) is 0 Å². The predicted molar refractivity (Wildman–Crippen MR) is 306 cm³/mol. The molecule has 6 aliphatic heterocycles. The van der Waals surface area contributed by atoms with Crippen molar-refractivity contribution in [3.8, 4) is 0 Å². The van der Waals surface area contributed by atoms with Crippen LogP contribution in [-0.2, 0) is 38.4 Å². The number of anilines is 3. The second kappa shape index (κ2) is 30.8. The predicted octanol–water partition coefficient (Wildman–Crippen LogP) is -0.375. The molecule has 7 atom stereocenters. The van der Waals surface area contributed by atoms with Crippen LogP contribution in [0.4, 0.5) is 22.6 Å². The number of nitrogens with one attached hydrogen (secondary N) is 4. The van der Waals surface area contributed by atoms with E-state index >= 15 is 0 Å². The fourth-order valence-electron chi connectivity index (χ4n) is 11.7. The Morgan fingerprint density at radius 3 is 1.94 bits per heavy atom. The number of hydrogen-bond acceptors (Lipinski definition) is 18. The average Bonchev–Trinajstić information content (AvgIpc) is 4.16. The number of fused-ring (bicyclic) bond motifs is 1. The summed E-state index contributed by atoms with van der Waals surface area (Å²) in [7, 11) is 2.97. The number of rotatable bonds is 31. The number of nitrogens with zero attached hydrogens (tertiary/aromatic N) is 11. The van der Waals surface area contributed by atoms with E-state index < -0.39 is 42.0 Å². The van der Waals surface area contributed by atoms with Crippen molar-refractivity contribution < 1.29 is 53.4 Å². The molecule has 82 heavy (non-hydrogen) atoms. The molecule has 9 amide bonds. The topological polar surface area (TPSA) is 333 Å². The van der Waals surface area contributed by atoms with Gasteiger partial charge in [-0.1, -0.05) is 44.9 Å². The van der Waals surface area contributed by atoms with Gasteiger partial charge in [-0.3, -0.25) is 38.4 Å². The molecule has 0 unspecified atom stereocenters. The van der Waals surface area contributed by atoms with E-state index in [1.54, 1.807) is 4.90 Å². The summed E-state index contributed by atoms with van der Waals surface area (Å²) >= 11 is 1.89. The largest absolute Gasteiger partial charge is 0.481 e. The summed E-state index contributed by atoms with van der Waals surface area (Å²) in [4.78, 5) is 143. The monoisotopic (exact) mass is 1170 g/mol. The molecule has 456 valence electrons. The van der Waals surface area contributed by atoms with Gasteiger partial charge in [0, 0.05) is 103 Å². The third-order valence-corrected chi connectivity index (χ3v) is 18.2.